The lowest BCUT2D eigenvalue weighted by Gasteiger charge is -2.32. The van der Waals surface area contributed by atoms with E-state index < -0.39 is 28.8 Å². The molecule has 0 saturated heterocycles. The molecule has 9 heteroatoms. The Hall–Kier alpha value is -4.05. The van der Waals surface area contributed by atoms with Gasteiger partial charge in [0.2, 0.25) is 0 Å². The molecule has 0 aliphatic carbocycles. The van der Waals surface area contributed by atoms with Crippen LogP contribution < -0.4 is 10.5 Å². The second-order valence-corrected chi connectivity index (χ2v) is 12.4. The molecule has 3 aromatic carbocycles. The molecule has 2 unspecified atom stereocenters. The molecule has 0 spiro atoms. The number of hydrogen-bond acceptors (Lipinski definition) is 5. The summed E-state index contributed by atoms with van der Waals surface area (Å²) in [6.07, 6.45) is 4.68. The first kappa shape index (κ1) is 32.3. The van der Waals surface area contributed by atoms with Crippen LogP contribution >= 0.6 is 0 Å². The van der Waals surface area contributed by atoms with Crippen molar-refractivity contribution in [3.05, 3.63) is 101 Å². The number of aliphatic hydroxyl groups excluding tert-OH is 1. The molecule has 45 heavy (non-hydrogen) atoms. The summed E-state index contributed by atoms with van der Waals surface area (Å²) in [5.41, 5.74) is 9.03. The number of aromatic nitrogens is 3. The van der Waals surface area contributed by atoms with Crippen molar-refractivity contribution in [3.8, 4) is 22.9 Å². The first-order chi connectivity index (χ1) is 21.5. The number of nitrogens with zero attached hydrogens (tertiary/aromatic N) is 1. The van der Waals surface area contributed by atoms with Gasteiger partial charge >= 0.3 is 0 Å². The number of ether oxygens (including phenoxy) is 2. The zero-order valence-electron chi connectivity index (χ0n) is 26.5. The van der Waals surface area contributed by atoms with Gasteiger partial charge in [-0.1, -0.05) is 36.8 Å². The number of imidazole rings is 1. The summed E-state index contributed by atoms with van der Waals surface area (Å²) in [4.78, 5) is 11.0. The summed E-state index contributed by atoms with van der Waals surface area (Å²) in [7, 11) is 0. The molecule has 0 amide bonds. The molecule has 7 nitrogen and oxygen atoms in total. The highest BCUT2D eigenvalue weighted by atomic mass is 19.1. The molecule has 2 atom stereocenters. The summed E-state index contributed by atoms with van der Waals surface area (Å²) in [5.74, 6) is -0.210. The van der Waals surface area contributed by atoms with Crippen LogP contribution in [0.15, 0.2) is 67.0 Å². The first-order valence-corrected chi connectivity index (χ1v) is 15.4. The molecule has 0 fully saturated rings. The van der Waals surface area contributed by atoms with Crippen molar-refractivity contribution in [2.45, 2.75) is 71.0 Å². The topological polar surface area (TPSA) is 109 Å². The van der Waals surface area contributed by atoms with Crippen LogP contribution in [0.4, 0.5) is 8.78 Å². The van der Waals surface area contributed by atoms with Crippen LogP contribution in [0.3, 0.4) is 0 Å². The number of fused-ring (bicyclic) bond motifs is 1. The molecular formula is C36H42F2N4O3. The fourth-order valence-electron chi connectivity index (χ4n) is 5.85. The van der Waals surface area contributed by atoms with E-state index in [-0.39, 0.29) is 17.9 Å². The van der Waals surface area contributed by atoms with E-state index in [9.17, 15) is 5.11 Å². The van der Waals surface area contributed by atoms with Gasteiger partial charge in [0.25, 0.3) is 0 Å². The van der Waals surface area contributed by atoms with Gasteiger partial charge in [-0.3, -0.25) is 0 Å². The fraction of sp³-hybridized carbons (Fsp3) is 0.361. The monoisotopic (exact) mass is 616 g/mol. The Morgan fingerprint density at radius 3 is 2.58 bits per heavy atom. The summed E-state index contributed by atoms with van der Waals surface area (Å²) in [5, 5.41) is 11.1. The Bertz CT molecular complexity index is 1780. The number of hydrogen-bond donors (Lipinski definition) is 4. The SMILES string of the molecule is CCc1c(Oc2ccc(F)c(-c3ncc(C(C)(CCCOC(C)(C)C(O)CN)c4cccc(C)c4)[nH]3)c2)c(F)cc2[nH]ccc12. The van der Waals surface area contributed by atoms with Gasteiger partial charge in [0.05, 0.1) is 17.3 Å². The maximum Gasteiger partial charge on any atom is 0.168 e. The van der Waals surface area contributed by atoms with Crippen LogP contribution in [-0.2, 0) is 16.6 Å². The van der Waals surface area contributed by atoms with Crippen LogP contribution in [0.1, 0.15) is 62.9 Å². The highest BCUT2D eigenvalue weighted by Gasteiger charge is 2.33. The van der Waals surface area contributed by atoms with E-state index >= 15 is 8.78 Å². The second kappa shape index (κ2) is 13.1. The smallest absolute Gasteiger partial charge is 0.168 e. The Labute approximate surface area is 262 Å². The lowest BCUT2D eigenvalue weighted by atomic mass is 9.75. The lowest BCUT2D eigenvalue weighted by Crippen LogP contribution is -2.44. The van der Waals surface area contributed by atoms with Crippen molar-refractivity contribution in [2.24, 2.45) is 5.73 Å². The van der Waals surface area contributed by atoms with E-state index in [2.05, 4.69) is 34.0 Å². The van der Waals surface area contributed by atoms with E-state index in [1.54, 1.807) is 18.5 Å². The highest BCUT2D eigenvalue weighted by molar-refractivity contribution is 5.85. The van der Waals surface area contributed by atoms with E-state index in [1.807, 2.05) is 45.9 Å². The molecule has 0 aliphatic heterocycles. The molecule has 0 aliphatic rings. The van der Waals surface area contributed by atoms with Crippen molar-refractivity contribution in [1.29, 1.82) is 0 Å². The van der Waals surface area contributed by atoms with Crippen molar-refractivity contribution in [2.75, 3.05) is 13.2 Å². The number of nitrogens with two attached hydrogens (primary N) is 1. The quantitative estimate of drug-likeness (QED) is 0.101. The van der Waals surface area contributed by atoms with Gasteiger partial charge in [-0.2, -0.15) is 0 Å². The molecule has 5 aromatic rings. The van der Waals surface area contributed by atoms with E-state index in [1.165, 1.54) is 18.2 Å². The molecule has 0 radical (unpaired) electrons. The average molecular weight is 617 g/mol. The minimum atomic E-state index is -0.771. The Kier molecular flexibility index (Phi) is 9.44. The standard InChI is InChI=1S/C36H42F2N4O3/c1-6-25-26-13-15-40-30(26)19-29(38)33(25)45-24-11-12-28(37)27(18-24)34-41-21-31(42-34)36(5,23-10-7-9-22(2)17-23)14-8-16-44-35(3,4)32(43)20-39/h7,9-13,15,17-19,21,32,40,43H,6,8,14,16,20,39H2,1-5H3,(H,41,42). The molecule has 0 saturated carbocycles. The summed E-state index contributed by atoms with van der Waals surface area (Å²) < 4.78 is 42.5. The second-order valence-electron chi connectivity index (χ2n) is 12.4. The molecule has 2 aromatic heterocycles. The van der Waals surface area contributed by atoms with Crippen LogP contribution in [0.2, 0.25) is 0 Å². The van der Waals surface area contributed by atoms with Gasteiger partial charge in [-0.05, 0) is 76.8 Å². The number of aliphatic hydroxyl groups is 1. The highest BCUT2D eigenvalue weighted by Crippen LogP contribution is 2.39. The average Bonchev–Trinajstić information content (AvgIpc) is 3.70. The third-order valence-corrected chi connectivity index (χ3v) is 8.78. The molecule has 5 rings (SSSR count). The van der Waals surface area contributed by atoms with E-state index in [4.69, 9.17) is 15.2 Å². The van der Waals surface area contributed by atoms with Crippen molar-refractivity contribution < 1.29 is 23.4 Å². The maximum absolute atomic E-state index is 15.3. The van der Waals surface area contributed by atoms with Crippen LogP contribution in [0, 0.1) is 18.6 Å². The third-order valence-electron chi connectivity index (χ3n) is 8.78. The number of halogens is 2. The molecule has 238 valence electrons. The van der Waals surface area contributed by atoms with Gasteiger partial charge in [-0.15, -0.1) is 0 Å². The Morgan fingerprint density at radius 2 is 1.84 bits per heavy atom. The molecule has 2 heterocycles. The molecular weight excluding hydrogens is 574 g/mol. The minimum Gasteiger partial charge on any atom is -0.454 e. The van der Waals surface area contributed by atoms with Crippen molar-refractivity contribution >= 4 is 10.9 Å². The zero-order chi connectivity index (χ0) is 32.4. The lowest BCUT2D eigenvalue weighted by molar-refractivity contribution is -0.0977. The van der Waals surface area contributed by atoms with Gasteiger partial charge in [0.15, 0.2) is 11.6 Å². The number of aromatic amines is 2. The van der Waals surface area contributed by atoms with Crippen molar-refractivity contribution in [1.82, 2.24) is 15.0 Å². The molecule has 5 N–H and O–H groups in total. The predicted molar refractivity (Wildman–Crippen MR) is 174 cm³/mol. The molecule has 0 bridgehead atoms. The number of nitrogens with one attached hydrogen (secondary N) is 2. The van der Waals surface area contributed by atoms with E-state index in [0.29, 0.717) is 43.0 Å². The number of benzene rings is 3. The largest absolute Gasteiger partial charge is 0.454 e. The van der Waals surface area contributed by atoms with Crippen LogP contribution in [-0.4, -0.2) is 44.9 Å². The van der Waals surface area contributed by atoms with Crippen molar-refractivity contribution in [3.63, 3.8) is 0 Å². The summed E-state index contributed by atoms with van der Waals surface area (Å²) in [6, 6.07) is 15.9. The number of rotatable bonds is 13. The number of aryl methyl sites for hydroxylation is 2. The third kappa shape index (κ3) is 6.66. The normalized spacial score (nSPS) is 14.1. The number of H-pyrrole nitrogens is 2. The van der Waals surface area contributed by atoms with Gasteiger partial charge in [0.1, 0.15) is 17.4 Å². The Morgan fingerprint density at radius 1 is 1.04 bits per heavy atom. The maximum atomic E-state index is 15.3. The van der Waals surface area contributed by atoms with Gasteiger partial charge in [-0.25, -0.2) is 13.8 Å². The summed E-state index contributed by atoms with van der Waals surface area (Å²) in [6.45, 7) is 10.3. The fourth-order valence-corrected chi connectivity index (χ4v) is 5.85. The first-order valence-electron chi connectivity index (χ1n) is 15.4. The van der Waals surface area contributed by atoms with Gasteiger partial charge in [0, 0.05) is 59.2 Å². The zero-order valence-corrected chi connectivity index (χ0v) is 26.5. The minimum absolute atomic E-state index is 0.116. The van der Waals surface area contributed by atoms with E-state index in [0.717, 1.165) is 27.8 Å². The predicted octanol–water partition coefficient (Wildman–Crippen LogP) is 7.70. The van der Waals surface area contributed by atoms with Crippen LogP contribution in [0.5, 0.6) is 11.5 Å². The summed E-state index contributed by atoms with van der Waals surface area (Å²) >= 11 is 0. The van der Waals surface area contributed by atoms with Gasteiger partial charge < -0.3 is 30.3 Å². The van der Waals surface area contributed by atoms with Crippen LogP contribution in [0.25, 0.3) is 22.3 Å². The Balaban J connectivity index is 1.44.